The topological polar surface area (TPSA) is 65.6 Å². The van der Waals surface area contributed by atoms with Crippen LogP contribution in [0.1, 0.15) is 37.4 Å². The molecule has 3 heterocycles. The maximum absolute atomic E-state index is 9.43. The Kier molecular flexibility index (Phi) is 4.33. The Hall–Kier alpha value is -0.980. The molecule has 0 bridgehead atoms. The Morgan fingerprint density at radius 3 is 2.65 bits per heavy atom. The molecular weight excluding hydrogens is 256 g/mol. The van der Waals surface area contributed by atoms with Crippen molar-refractivity contribution in [2.45, 2.75) is 51.2 Å². The van der Waals surface area contributed by atoms with E-state index in [1.54, 1.807) is 0 Å². The molecule has 1 N–H and O–H groups in total. The summed E-state index contributed by atoms with van der Waals surface area (Å²) in [4.78, 5) is 9.20. The van der Waals surface area contributed by atoms with Crippen LogP contribution in [0.4, 0.5) is 0 Å². The second-order valence-corrected chi connectivity index (χ2v) is 5.97. The van der Waals surface area contributed by atoms with Crippen LogP contribution in [0.15, 0.2) is 4.52 Å². The van der Waals surface area contributed by atoms with Gasteiger partial charge in [0.1, 0.15) is 0 Å². The van der Waals surface area contributed by atoms with Crippen molar-refractivity contribution in [3.05, 3.63) is 11.7 Å². The molecule has 6 nitrogen and oxygen atoms in total. The van der Waals surface area contributed by atoms with Gasteiger partial charge in [0.25, 0.3) is 0 Å². The molecule has 1 aromatic rings. The van der Waals surface area contributed by atoms with E-state index in [9.17, 15) is 5.11 Å². The van der Waals surface area contributed by atoms with Crippen molar-refractivity contribution in [3.8, 4) is 0 Å². The second kappa shape index (κ2) is 6.20. The van der Waals surface area contributed by atoms with Crippen molar-refractivity contribution in [2.24, 2.45) is 0 Å². The maximum Gasteiger partial charge on any atom is 0.223 e. The number of aliphatic hydroxyl groups is 1. The number of aliphatic hydroxyl groups excluding tert-OH is 1. The first kappa shape index (κ1) is 14.0. The molecule has 6 heteroatoms. The molecule has 20 heavy (non-hydrogen) atoms. The summed E-state index contributed by atoms with van der Waals surface area (Å²) in [6.45, 7) is 6.18. The van der Waals surface area contributed by atoms with Crippen LogP contribution in [-0.4, -0.2) is 63.4 Å². The fourth-order valence-electron chi connectivity index (χ4n) is 3.51. The molecule has 112 valence electrons. The van der Waals surface area contributed by atoms with Crippen LogP contribution in [0.25, 0.3) is 0 Å². The summed E-state index contributed by atoms with van der Waals surface area (Å²) < 4.78 is 5.05. The van der Waals surface area contributed by atoms with Gasteiger partial charge in [-0.2, -0.15) is 4.98 Å². The lowest BCUT2D eigenvalue weighted by Crippen LogP contribution is -2.43. The molecule has 2 fully saturated rings. The van der Waals surface area contributed by atoms with Gasteiger partial charge in [-0.05, 0) is 38.8 Å². The lowest BCUT2D eigenvalue weighted by atomic mass is 10.2. The number of likely N-dealkylation sites (tertiary alicyclic amines) is 2. The van der Waals surface area contributed by atoms with Gasteiger partial charge < -0.3 is 9.63 Å². The van der Waals surface area contributed by atoms with E-state index in [2.05, 4.69) is 19.9 Å². The largest absolute Gasteiger partial charge is 0.395 e. The normalized spacial score (nSPS) is 28.5. The Balaban J connectivity index is 1.58. The van der Waals surface area contributed by atoms with Crippen molar-refractivity contribution in [1.82, 2.24) is 19.9 Å². The van der Waals surface area contributed by atoms with Gasteiger partial charge in [0.05, 0.1) is 13.2 Å². The SMILES string of the molecule is Cc1nc(CN2CCCC2CN2CCCC2CO)no1. The quantitative estimate of drug-likeness (QED) is 0.860. The summed E-state index contributed by atoms with van der Waals surface area (Å²) in [5.74, 6) is 1.42. The van der Waals surface area contributed by atoms with Gasteiger partial charge in [0, 0.05) is 25.6 Å². The van der Waals surface area contributed by atoms with Crippen LogP contribution in [0.5, 0.6) is 0 Å². The molecule has 2 atom stereocenters. The number of rotatable bonds is 5. The number of aromatic nitrogens is 2. The Labute approximate surface area is 119 Å². The van der Waals surface area contributed by atoms with Crippen molar-refractivity contribution >= 4 is 0 Å². The molecule has 3 rings (SSSR count). The average Bonchev–Trinajstić information content (AvgIpc) is 3.14. The lowest BCUT2D eigenvalue weighted by molar-refractivity contribution is 0.118. The summed E-state index contributed by atoms with van der Waals surface area (Å²) in [7, 11) is 0. The molecule has 2 aliphatic heterocycles. The molecule has 1 aromatic heterocycles. The Morgan fingerprint density at radius 2 is 1.95 bits per heavy atom. The predicted octanol–water partition coefficient (Wildman–Crippen LogP) is 0.799. The third kappa shape index (κ3) is 3.02. The number of nitrogens with zero attached hydrogens (tertiary/aromatic N) is 4. The minimum Gasteiger partial charge on any atom is -0.395 e. The average molecular weight is 280 g/mol. The zero-order valence-corrected chi connectivity index (χ0v) is 12.2. The van der Waals surface area contributed by atoms with Gasteiger partial charge in [-0.25, -0.2) is 0 Å². The smallest absolute Gasteiger partial charge is 0.223 e. The first-order chi connectivity index (χ1) is 9.76. The minimum absolute atomic E-state index is 0.288. The molecule has 0 radical (unpaired) electrons. The molecular formula is C14H24N4O2. The third-order valence-corrected chi connectivity index (χ3v) is 4.57. The van der Waals surface area contributed by atoms with Crippen molar-refractivity contribution < 1.29 is 9.63 Å². The summed E-state index contributed by atoms with van der Waals surface area (Å²) >= 11 is 0. The molecule has 2 unspecified atom stereocenters. The van der Waals surface area contributed by atoms with Crippen LogP contribution in [0, 0.1) is 6.92 Å². The highest BCUT2D eigenvalue weighted by Crippen LogP contribution is 2.24. The van der Waals surface area contributed by atoms with E-state index in [4.69, 9.17) is 4.52 Å². The molecule has 0 amide bonds. The second-order valence-electron chi connectivity index (χ2n) is 5.97. The van der Waals surface area contributed by atoms with Gasteiger partial charge >= 0.3 is 0 Å². The van der Waals surface area contributed by atoms with Crippen LogP contribution in [-0.2, 0) is 6.54 Å². The molecule has 2 aliphatic rings. The number of hydrogen-bond donors (Lipinski definition) is 1. The summed E-state index contributed by atoms with van der Waals surface area (Å²) in [5.41, 5.74) is 0. The molecule has 2 saturated heterocycles. The molecule has 0 aromatic carbocycles. The van der Waals surface area contributed by atoms with Gasteiger partial charge in [-0.15, -0.1) is 0 Å². The van der Waals surface area contributed by atoms with E-state index in [1.165, 1.54) is 19.3 Å². The Bertz CT molecular complexity index is 437. The van der Waals surface area contributed by atoms with Crippen LogP contribution in [0.3, 0.4) is 0 Å². The standard InChI is InChI=1S/C14H24N4O2/c1-11-15-14(16-20-11)9-18-7-2-4-12(18)8-17-6-3-5-13(17)10-19/h12-13,19H,2-10H2,1H3. The van der Waals surface area contributed by atoms with Gasteiger partial charge in [-0.1, -0.05) is 5.16 Å². The first-order valence-electron chi connectivity index (χ1n) is 7.64. The van der Waals surface area contributed by atoms with Crippen LogP contribution < -0.4 is 0 Å². The summed E-state index contributed by atoms with van der Waals surface area (Å²) in [6.07, 6.45) is 4.81. The van der Waals surface area contributed by atoms with Crippen molar-refractivity contribution in [2.75, 3.05) is 26.2 Å². The summed E-state index contributed by atoms with van der Waals surface area (Å²) in [6, 6.07) is 0.922. The van der Waals surface area contributed by atoms with E-state index in [0.29, 0.717) is 18.0 Å². The maximum atomic E-state index is 9.43. The predicted molar refractivity (Wildman–Crippen MR) is 74.1 cm³/mol. The summed E-state index contributed by atoms with van der Waals surface area (Å²) in [5, 5.41) is 13.4. The van der Waals surface area contributed by atoms with E-state index in [0.717, 1.165) is 38.4 Å². The monoisotopic (exact) mass is 280 g/mol. The zero-order chi connectivity index (χ0) is 13.9. The van der Waals surface area contributed by atoms with E-state index < -0.39 is 0 Å². The first-order valence-corrected chi connectivity index (χ1v) is 7.64. The van der Waals surface area contributed by atoms with Crippen LogP contribution >= 0.6 is 0 Å². The molecule has 0 saturated carbocycles. The van der Waals surface area contributed by atoms with E-state index in [-0.39, 0.29) is 6.61 Å². The van der Waals surface area contributed by atoms with Gasteiger partial charge in [0.15, 0.2) is 5.82 Å². The van der Waals surface area contributed by atoms with Crippen molar-refractivity contribution in [3.63, 3.8) is 0 Å². The van der Waals surface area contributed by atoms with E-state index >= 15 is 0 Å². The van der Waals surface area contributed by atoms with Gasteiger partial charge in [0.2, 0.25) is 5.89 Å². The molecule has 0 aliphatic carbocycles. The highest BCUT2D eigenvalue weighted by atomic mass is 16.5. The number of hydrogen-bond acceptors (Lipinski definition) is 6. The lowest BCUT2D eigenvalue weighted by Gasteiger charge is -2.30. The minimum atomic E-state index is 0.288. The number of aryl methyl sites for hydroxylation is 1. The fourth-order valence-corrected chi connectivity index (χ4v) is 3.51. The zero-order valence-electron chi connectivity index (χ0n) is 12.2. The van der Waals surface area contributed by atoms with Gasteiger partial charge in [-0.3, -0.25) is 9.80 Å². The van der Waals surface area contributed by atoms with E-state index in [1.807, 2.05) is 6.92 Å². The van der Waals surface area contributed by atoms with Crippen LogP contribution in [0.2, 0.25) is 0 Å². The van der Waals surface area contributed by atoms with Crippen molar-refractivity contribution in [1.29, 1.82) is 0 Å². The fraction of sp³-hybridized carbons (Fsp3) is 0.857. The molecule has 0 spiro atoms. The third-order valence-electron chi connectivity index (χ3n) is 4.57. The Morgan fingerprint density at radius 1 is 1.20 bits per heavy atom. The highest BCUT2D eigenvalue weighted by molar-refractivity contribution is 4.91. The highest BCUT2D eigenvalue weighted by Gasteiger charge is 2.31.